The molecule has 0 aromatic heterocycles. The molecule has 2 unspecified atom stereocenters. The van der Waals surface area contributed by atoms with E-state index in [4.69, 9.17) is 9.47 Å². The fourth-order valence-corrected chi connectivity index (χ4v) is 1.33. The van der Waals surface area contributed by atoms with Crippen LogP contribution < -0.4 is 0 Å². The second-order valence-corrected chi connectivity index (χ2v) is 2.98. The molecule has 0 aromatic rings. The molecule has 0 N–H and O–H groups in total. The van der Waals surface area contributed by atoms with E-state index < -0.39 is 0 Å². The minimum absolute atomic E-state index is 0.157. The van der Waals surface area contributed by atoms with E-state index in [2.05, 4.69) is 0 Å². The maximum atomic E-state index is 10.4. The first-order valence-corrected chi connectivity index (χ1v) is 4.52. The van der Waals surface area contributed by atoms with Gasteiger partial charge in [0.05, 0.1) is 0 Å². The highest BCUT2D eigenvalue weighted by atomic mass is 16.7. The van der Waals surface area contributed by atoms with Gasteiger partial charge in [-0.2, -0.15) is 0 Å². The van der Waals surface area contributed by atoms with Crippen LogP contribution in [0.3, 0.4) is 0 Å². The Balaban J connectivity index is 2.28. The zero-order chi connectivity index (χ0) is 8.97. The molecule has 0 aliphatic heterocycles. The van der Waals surface area contributed by atoms with Gasteiger partial charge in [-0.25, -0.2) is 0 Å². The van der Waals surface area contributed by atoms with Gasteiger partial charge >= 0.3 is 0 Å². The Kier molecular flexibility index (Phi) is 3.69. The molecule has 0 heterocycles. The lowest BCUT2D eigenvalue weighted by Gasteiger charge is -2.15. The summed E-state index contributed by atoms with van der Waals surface area (Å²) in [6.45, 7) is 5.16. The Morgan fingerprint density at radius 3 is 2.33 bits per heavy atom. The molecule has 0 radical (unpaired) electrons. The molecular weight excluding hydrogens is 156 g/mol. The van der Waals surface area contributed by atoms with Crippen molar-refractivity contribution in [1.82, 2.24) is 0 Å². The minimum Gasteiger partial charge on any atom is -0.353 e. The summed E-state index contributed by atoms with van der Waals surface area (Å²) in [4.78, 5) is 10.4. The van der Waals surface area contributed by atoms with Gasteiger partial charge in [-0.1, -0.05) is 0 Å². The third-order valence-corrected chi connectivity index (χ3v) is 2.08. The van der Waals surface area contributed by atoms with Crippen LogP contribution in [0.2, 0.25) is 0 Å². The van der Waals surface area contributed by atoms with Crippen LogP contribution >= 0.6 is 0 Å². The molecule has 1 saturated carbocycles. The van der Waals surface area contributed by atoms with Gasteiger partial charge < -0.3 is 14.3 Å². The molecular formula is C9H16O3. The van der Waals surface area contributed by atoms with Crippen LogP contribution in [0, 0.1) is 11.8 Å². The molecule has 3 heteroatoms. The summed E-state index contributed by atoms with van der Waals surface area (Å²) in [5.74, 6) is 0.482. The quantitative estimate of drug-likeness (QED) is 0.446. The van der Waals surface area contributed by atoms with E-state index in [0.29, 0.717) is 19.1 Å². The minimum atomic E-state index is -0.157. The Hall–Kier alpha value is -0.410. The molecule has 0 saturated heterocycles. The van der Waals surface area contributed by atoms with Gasteiger partial charge in [-0.15, -0.1) is 0 Å². The monoisotopic (exact) mass is 172 g/mol. The molecule has 0 bridgehead atoms. The van der Waals surface area contributed by atoms with Crippen LogP contribution in [0.5, 0.6) is 0 Å². The number of ether oxygens (including phenoxy) is 2. The molecule has 70 valence electrons. The van der Waals surface area contributed by atoms with Crippen LogP contribution in [0.1, 0.15) is 20.3 Å². The van der Waals surface area contributed by atoms with Gasteiger partial charge in [0.1, 0.15) is 6.29 Å². The van der Waals surface area contributed by atoms with Crippen molar-refractivity contribution in [2.75, 3.05) is 13.2 Å². The second kappa shape index (κ2) is 4.58. The molecule has 1 aliphatic rings. The largest absolute Gasteiger partial charge is 0.353 e. The van der Waals surface area contributed by atoms with Gasteiger partial charge in [0.2, 0.25) is 0 Å². The van der Waals surface area contributed by atoms with E-state index in [1.165, 1.54) is 0 Å². The molecule has 3 nitrogen and oxygen atoms in total. The summed E-state index contributed by atoms with van der Waals surface area (Å²) in [7, 11) is 0. The summed E-state index contributed by atoms with van der Waals surface area (Å²) in [6.07, 6.45) is 1.76. The van der Waals surface area contributed by atoms with Crippen LogP contribution in [-0.2, 0) is 14.3 Å². The summed E-state index contributed by atoms with van der Waals surface area (Å²) >= 11 is 0. The van der Waals surface area contributed by atoms with Gasteiger partial charge in [0.15, 0.2) is 6.29 Å². The molecule has 12 heavy (non-hydrogen) atoms. The second-order valence-electron chi connectivity index (χ2n) is 2.98. The zero-order valence-electron chi connectivity index (χ0n) is 7.66. The highest BCUT2D eigenvalue weighted by molar-refractivity contribution is 5.58. The third-order valence-electron chi connectivity index (χ3n) is 2.08. The molecule has 1 fully saturated rings. The fraction of sp³-hybridized carbons (Fsp3) is 0.889. The standard InChI is InChI=1S/C9H16O3/c1-3-11-9(12-4-2)8-5-7(8)6-10/h6-9H,3-5H2,1-2H3. The SMILES string of the molecule is CCOC(OCC)C1CC1C=O. The number of hydrogen-bond acceptors (Lipinski definition) is 3. The zero-order valence-corrected chi connectivity index (χ0v) is 7.66. The Morgan fingerprint density at radius 2 is 2.00 bits per heavy atom. The summed E-state index contributed by atoms with van der Waals surface area (Å²) in [6, 6.07) is 0. The van der Waals surface area contributed by atoms with Crippen LogP contribution in [0.4, 0.5) is 0 Å². The van der Waals surface area contributed by atoms with Crippen molar-refractivity contribution in [3.05, 3.63) is 0 Å². The van der Waals surface area contributed by atoms with Crippen LogP contribution in [-0.4, -0.2) is 25.8 Å². The highest BCUT2D eigenvalue weighted by Gasteiger charge is 2.44. The van der Waals surface area contributed by atoms with E-state index >= 15 is 0 Å². The van der Waals surface area contributed by atoms with E-state index in [-0.39, 0.29) is 12.2 Å². The number of carbonyl (C=O) groups is 1. The first-order valence-electron chi connectivity index (χ1n) is 4.52. The third kappa shape index (κ3) is 2.29. The molecule has 0 spiro atoms. The molecule has 2 atom stereocenters. The van der Waals surface area contributed by atoms with Gasteiger partial charge in [-0.3, -0.25) is 0 Å². The lowest BCUT2D eigenvalue weighted by molar-refractivity contribution is -0.151. The maximum Gasteiger partial charge on any atom is 0.161 e. The van der Waals surface area contributed by atoms with Crippen molar-refractivity contribution in [3.63, 3.8) is 0 Å². The summed E-state index contributed by atoms with van der Waals surface area (Å²) in [5.41, 5.74) is 0. The summed E-state index contributed by atoms with van der Waals surface area (Å²) < 4.78 is 10.7. The normalized spacial score (nSPS) is 27.6. The van der Waals surface area contributed by atoms with Crippen molar-refractivity contribution >= 4 is 6.29 Å². The summed E-state index contributed by atoms with van der Waals surface area (Å²) in [5, 5.41) is 0. The van der Waals surface area contributed by atoms with Gasteiger partial charge in [0, 0.05) is 25.0 Å². The van der Waals surface area contributed by atoms with Crippen LogP contribution in [0.25, 0.3) is 0 Å². The predicted octanol–water partition coefficient (Wildman–Crippen LogP) is 1.22. The van der Waals surface area contributed by atoms with Gasteiger partial charge in [-0.05, 0) is 20.3 Å². The average molecular weight is 172 g/mol. The topological polar surface area (TPSA) is 35.5 Å². The van der Waals surface area contributed by atoms with E-state index in [0.717, 1.165) is 12.7 Å². The first kappa shape index (κ1) is 9.68. The van der Waals surface area contributed by atoms with Crippen molar-refractivity contribution in [1.29, 1.82) is 0 Å². The highest BCUT2D eigenvalue weighted by Crippen LogP contribution is 2.41. The fourth-order valence-electron chi connectivity index (χ4n) is 1.33. The van der Waals surface area contributed by atoms with Crippen molar-refractivity contribution in [3.8, 4) is 0 Å². The van der Waals surface area contributed by atoms with E-state index in [9.17, 15) is 4.79 Å². The molecule has 0 amide bonds. The maximum absolute atomic E-state index is 10.4. The number of hydrogen-bond donors (Lipinski definition) is 0. The predicted molar refractivity (Wildman–Crippen MR) is 44.7 cm³/mol. The Bertz CT molecular complexity index is 141. The van der Waals surface area contributed by atoms with Gasteiger partial charge in [0.25, 0.3) is 0 Å². The lowest BCUT2D eigenvalue weighted by Crippen LogP contribution is -2.20. The number of aldehydes is 1. The van der Waals surface area contributed by atoms with Crippen molar-refractivity contribution in [2.24, 2.45) is 11.8 Å². The van der Waals surface area contributed by atoms with Crippen molar-refractivity contribution < 1.29 is 14.3 Å². The molecule has 0 aromatic carbocycles. The average Bonchev–Trinajstić information content (AvgIpc) is 2.83. The van der Waals surface area contributed by atoms with Crippen molar-refractivity contribution in [2.45, 2.75) is 26.6 Å². The smallest absolute Gasteiger partial charge is 0.161 e. The van der Waals surface area contributed by atoms with Crippen LogP contribution in [0.15, 0.2) is 0 Å². The first-order chi connectivity index (χ1) is 5.83. The Morgan fingerprint density at radius 1 is 1.42 bits per heavy atom. The van der Waals surface area contributed by atoms with E-state index in [1.54, 1.807) is 0 Å². The Labute approximate surface area is 73.0 Å². The molecule has 1 rings (SSSR count). The van der Waals surface area contributed by atoms with E-state index in [1.807, 2.05) is 13.8 Å². The number of rotatable bonds is 6. The number of carbonyl (C=O) groups excluding carboxylic acids is 1. The molecule has 1 aliphatic carbocycles. The lowest BCUT2D eigenvalue weighted by atomic mass is 10.3.